The Morgan fingerprint density at radius 3 is 2.70 bits per heavy atom. The predicted molar refractivity (Wildman–Crippen MR) is 78.7 cm³/mol. The third-order valence-electron chi connectivity index (χ3n) is 3.98. The van der Waals surface area contributed by atoms with Gasteiger partial charge in [-0.25, -0.2) is 0 Å². The third kappa shape index (κ3) is 6.06. The minimum Gasteiger partial charge on any atom is -0.388 e. The lowest BCUT2D eigenvalue weighted by atomic mass is 9.79. The molecule has 5 heteroatoms. The van der Waals surface area contributed by atoms with Crippen LogP contribution in [0.2, 0.25) is 0 Å². The van der Waals surface area contributed by atoms with Crippen LogP contribution in [0.15, 0.2) is 0 Å². The molecule has 0 spiro atoms. The van der Waals surface area contributed by atoms with Crippen molar-refractivity contribution in [1.29, 1.82) is 0 Å². The largest absolute Gasteiger partial charge is 0.388 e. The molecule has 20 heavy (non-hydrogen) atoms. The van der Waals surface area contributed by atoms with Crippen LogP contribution in [0.3, 0.4) is 0 Å². The molecular weight excluding hydrogens is 258 g/mol. The van der Waals surface area contributed by atoms with Gasteiger partial charge in [0, 0.05) is 13.7 Å². The van der Waals surface area contributed by atoms with Gasteiger partial charge in [-0.15, -0.1) is 0 Å². The van der Waals surface area contributed by atoms with Crippen molar-refractivity contribution in [3.05, 3.63) is 0 Å². The van der Waals surface area contributed by atoms with Crippen LogP contribution in [0.25, 0.3) is 0 Å². The molecule has 0 aromatic heterocycles. The highest BCUT2D eigenvalue weighted by molar-refractivity contribution is 4.88. The van der Waals surface area contributed by atoms with Crippen molar-refractivity contribution in [1.82, 2.24) is 0 Å². The predicted octanol–water partition coefficient (Wildman–Crippen LogP) is 1.32. The van der Waals surface area contributed by atoms with Gasteiger partial charge >= 0.3 is 0 Å². The van der Waals surface area contributed by atoms with E-state index in [1.165, 1.54) is 6.42 Å². The van der Waals surface area contributed by atoms with Gasteiger partial charge in [-0.05, 0) is 25.7 Å². The molecule has 0 aliphatic heterocycles. The van der Waals surface area contributed by atoms with Crippen molar-refractivity contribution >= 4 is 0 Å². The summed E-state index contributed by atoms with van der Waals surface area (Å²) in [4.78, 5) is 0. The van der Waals surface area contributed by atoms with E-state index in [1.54, 1.807) is 7.11 Å². The quantitative estimate of drug-likeness (QED) is 0.670. The van der Waals surface area contributed by atoms with E-state index in [4.69, 9.17) is 19.9 Å². The summed E-state index contributed by atoms with van der Waals surface area (Å²) in [7, 11) is 1.63. The smallest absolute Gasteiger partial charge is 0.101 e. The first-order valence-corrected chi connectivity index (χ1v) is 7.64. The summed E-state index contributed by atoms with van der Waals surface area (Å²) in [5, 5.41) is 9.94. The molecule has 0 saturated heterocycles. The number of nitrogens with two attached hydrogens (primary N) is 1. The summed E-state index contributed by atoms with van der Waals surface area (Å²) < 4.78 is 16.4. The zero-order valence-corrected chi connectivity index (χ0v) is 13.1. The molecule has 1 saturated carbocycles. The monoisotopic (exact) mass is 289 g/mol. The van der Waals surface area contributed by atoms with Crippen LogP contribution in [-0.4, -0.2) is 56.4 Å². The number of hydrogen-bond donors (Lipinski definition) is 2. The molecule has 5 nitrogen and oxygen atoms in total. The Bertz CT molecular complexity index is 264. The maximum absolute atomic E-state index is 9.94. The fraction of sp³-hybridized carbons (Fsp3) is 1.00. The first kappa shape index (κ1) is 17.9. The average Bonchev–Trinajstić information content (AvgIpc) is 2.43. The van der Waals surface area contributed by atoms with Gasteiger partial charge in [-0.3, -0.25) is 0 Å². The molecule has 0 radical (unpaired) electrons. The normalized spacial score (nSPS) is 30.1. The van der Waals surface area contributed by atoms with Crippen molar-refractivity contribution in [2.45, 2.75) is 57.3 Å². The van der Waals surface area contributed by atoms with Crippen molar-refractivity contribution in [3.63, 3.8) is 0 Å². The molecule has 4 atom stereocenters. The highest BCUT2D eigenvalue weighted by Gasteiger charge is 2.35. The summed E-state index contributed by atoms with van der Waals surface area (Å²) in [6, 6.07) is 0. The van der Waals surface area contributed by atoms with Gasteiger partial charge in [0.2, 0.25) is 0 Å². The summed E-state index contributed by atoms with van der Waals surface area (Å²) >= 11 is 0. The van der Waals surface area contributed by atoms with Crippen molar-refractivity contribution < 1.29 is 19.3 Å². The fourth-order valence-corrected chi connectivity index (χ4v) is 2.87. The fourth-order valence-electron chi connectivity index (χ4n) is 2.87. The number of ether oxygens (including phenoxy) is 3. The topological polar surface area (TPSA) is 73.9 Å². The second kappa shape index (κ2) is 8.95. The summed E-state index contributed by atoms with van der Waals surface area (Å²) in [6.45, 7) is 5.74. The Morgan fingerprint density at radius 2 is 2.10 bits per heavy atom. The Morgan fingerprint density at radius 1 is 1.35 bits per heavy atom. The van der Waals surface area contributed by atoms with Crippen LogP contribution in [0.5, 0.6) is 0 Å². The first-order valence-electron chi connectivity index (χ1n) is 7.64. The zero-order valence-electron chi connectivity index (χ0n) is 13.1. The number of hydrogen-bond acceptors (Lipinski definition) is 5. The molecule has 0 heterocycles. The second-order valence-corrected chi connectivity index (χ2v) is 6.15. The van der Waals surface area contributed by atoms with E-state index in [0.717, 1.165) is 19.3 Å². The molecule has 0 amide bonds. The number of rotatable bonds is 9. The van der Waals surface area contributed by atoms with E-state index in [1.807, 2.05) is 6.92 Å². The van der Waals surface area contributed by atoms with Crippen LogP contribution in [0.1, 0.15) is 39.5 Å². The van der Waals surface area contributed by atoms with Crippen LogP contribution < -0.4 is 5.73 Å². The van der Waals surface area contributed by atoms with E-state index < -0.39 is 6.10 Å². The minimum absolute atomic E-state index is 0.0205. The molecule has 4 unspecified atom stereocenters. The summed E-state index contributed by atoms with van der Waals surface area (Å²) in [5.41, 5.74) is 5.64. The van der Waals surface area contributed by atoms with E-state index in [0.29, 0.717) is 19.1 Å². The Balaban J connectivity index is 2.29. The van der Waals surface area contributed by atoms with Crippen LogP contribution in [-0.2, 0) is 14.2 Å². The minimum atomic E-state index is -0.616. The lowest BCUT2D eigenvalue weighted by molar-refractivity contribution is -0.120. The molecule has 120 valence electrons. The SMILES string of the molecule is COCC(C)OCC(O)COC1(CN)CCCC(C)C1. The van der Waals surface area contributed by atoms with Crippen LogP contribution in [0.4, 0.5) is 0 Å². The molecule has 0 bridgehead atoms. The van der Waals surface area contributed by atoms with Crippen LogP contribution in [0, 0.1) is 5.92 Å². The third-order valence-corrected chi connectivity index (χ3v) is 3.98. The molecular formula is C15H31NO4. The second-order valence-electron chi connectivity index (χ2n) is 6.15. The van der Waals surface area contributed by atoms with Gasteiger partial charge in [0.25, 0.3) is 0 Å². The summed E-state index contributed by atoms with van der Waals surface area (Å²) in [5.74, 6) is 0.641. The van der Waals surface area contributed by atoms with Crippen LogP contribution >= 0.6 is 0 Å². The Kier molecular flexibility index (Phi) is 7.99. The molecule has 0 aromatic rings. The van der Waals surface area contributed by atoms with Gasteiger partial charge in [0.05, 0.1) is 31.5 Å². The van der Waals surface area contributed by atoms with Crippen molar-refractivity contribution in [2.75, 3.05) is 33.5 Å². The standard InChI is InChI=1S/C15H31NO4/c1-12-5-4-6-15(7-12,11-16)20-10-14(17)9-19-13(2)8-18-3/h12-14,17H,4-11,16H2,1-3H3. The van der Waals surface area contributed by atoms with E-state index >= 15 is 0 Å². The van der Waals surface area contributed by atoms with Gasteiger partial charge in [0.15, 0.2) is 0 Å². The molecule has 1 rings (SSSR count). The van der Waals surface area contributed by atoms with Gasteiger partial charge in [-0.2, -0.15) is 0 Å². The number of aliphatic hydroxyl groups excluding tert-OH is 1. The Labute approximate surface area is 122 Å². The van der Waals surface area contributed by atoms with Gasteiger partial charge in [-0.1, -0.05) is 19.8 Å². The van der Waals surface area contributed by atoms with E-state index in [-0.39, 0.29) is 24.9 Å². The molecule has 1 fully saturated rings. The molecule has 0 aromatic carbocycles. The highest BCUT2D eigenvalue weighted by atomic mass is 16.5. The lowest BCUT2D eigenvalue weighted by Crippen LogP contribution is -2.46. The number of aliphatic hydroxyl groups is 1. The molecule has 1 aliphatic rings. The van der Waals surface area contributed by atoms with Gasteiger partial charge in [0.1, 0.15) is 6.10 Å². The molecule has 3 N–H and O–H groups in total. The lowest BCUT2D eigenvalue weighted by Gasteiger charge is -2.39. The van der Waals surface area contributed by atoms with E-state index in [9.17, 15) is 5.11 Å². The first-order chi connectivity index (χ1) is 9.51. The van der Waals surface area contributed by atoms with Gasteiger partial charge < -0.3 is 25.1 Å². The highest BCUT2D eigenvalue weighted by Crippen LogP contribution is 2.34. The Hall–Kier alpha value is -0.200. The molecule has 1 aliphatic carbocycles. The van der Waals surface area contributed by atoms with E-state index in [2.05, 4.69) is 6.92 Å². The van der Waals surface area contributed by atoms with Crippen molar-refractivity contribution in [3.8, 4) is 0 Å². The maximum Gasteiger partial charge on any atom is 0.101 e. The number of methoxy groups -OCH3 is 1. The average molecular weight is 289 g/mol. The summed E-state index contributed by atoms with van der Waals surface area (Å²) in [6.07, 6.45) is 3.72. The van der Waals surface area contributed by atoms with Crippen molar-refractivity contribution in [2.24, 2.45) is 11.7 Å². The maximum atomic E-state index is 9.94. The zero-order chi connectivity index (χ0) is 15.0.